The molecule has 0 N–H and O–H groups in total. The predicted octanol–water partition coefficient (Wildman–Crippen LogP) is 8.76. The van der Waals surface area contributed by atoms with Gasteiger partial charge in [-0.15, -0.1) is 0 Å². The molecule has 0 saturated heterocycles. The Labute approximate surface area is 255 Å². The first-order chi connectivity index (χ1) is 18.5. The molecule has 0 unspecified atom stereocenters. The minimum absolute atomic E-state index is 0. The fraction of sp³-hybridized carbons (Fsp3) is 0.824. The summed E-state index contributed by atoms with van der Waals surface area (Å²) in [6.45, 7) is 4.35. The van der Waals surface area contributed by atoms with E-state index in [1.807, 2.05) is 0 Å². The first-order valence-corrected chi connectivity index (χ1v) is 16.2. The molecule has 0 aliphatic carbocycles. The maximum absolute atomic E-state index is 10.2. The van der Waals surface area contributed by atoms with Gasteiger partial charge in [0, 0.05) is 11.9 Å². The summed E-state index contributed by atoms with van der Waals surface area (Å²) in [6.07, 6.45) is 39.0. The molecule has 0 aliphatic heterocycles. The third-order valence-corrected chi connectivity index (χ3v) is 6.81. The van der Waals surface area contributed by atoms with E-state index in [-0.39, 0.29) is 32.3 Å². The largest absolute Gasteiger partial charge is 2.00 e. The fourth-order valence-corrected chi connectivity index (χ4v) is 4.46. The predicted molar refractivity (Wildman–Crippen MR) is 160 cm³/mol. The van der Waals surface area contributed by atoms with Gasteiger partial charge < -0.3 is 19.8 Å². The van der Waals surface area contributed by atoms with Crippen LogP contribution in [0.1, 0.15) is 181 Å². The quantitative estimate of drug-likeness (QED) is 0.0511. The Bertz CT molecular complexity index is 497. The van der Waals surface area contributed by atoms with Crippen molar-refractivity contribution in [1.29, 1.82) is 0 Å². The van der Waals surface area contributed by atoms with E-state index in [1.54, 1.807) is 0 Å². The number of hydrogen-bond acceptors (Lipinski definition) is 4. The van der Waals surface area contributed by atoms with E-state index < -0.39 is 11.9 Å². The molecule has 0 bridgehead atoms. The number of carboxylic acid groups (broad SMARTS) is 2. The first-order valence-electron chi connectivity index (χ1n) is 16.2. The Hall–Kier alpha value is -0.957. The average molecular weight is 600 g/mol. The van der Waals surface area contributed by atoms with E-state index in [2.05, 4.69) is 38.2 Å². The Kier molecular flexibility index (Phi) is 42.7. The number of carboxylic acids is 2. The van der Waals surface area contributed by atoms with Crippen LogP contribution in [0.25, 0.3) is 0 Å². The zero-order valence-electron chi connectivity index (χ0n) is 26.0. The van der Waals surface area contributed by atoms with Crippen LogP contribution in [0.3, 0.4) is 0 Å². The molecule has 0 radical (unpaired) electrons. The Morgan fingerprint density at radius 1 is 0.410 bits per heavy atom. The minimum Gasteiger partial charge on any atom is -0.550 e. The van der Waals surface area contributed by atoms with Crippen LogP contribution in [0.2, 0.25) is 0 Å². The molecule has 0 saturated carbocycles. The van der Waals surface area contributed by atoms with Gasteiger partial charge in [0.25, 0.3) is 0 Å². The second-order valence-corrected chi connectivity index (χ2v) is 10.7. The number of carbonyl (C=O) groups is 2. The van der Waals surface area contributed by atoms with Crippen LogP contribution in [0, 0.1) is 0 Å². The first kappa shape index (κ1) is 42.5. The molecule has 0 heterocycles. The van der Waals surface area contributed by atoms with Gasteiger partial charge in [0.1, 0.15) is 0 Å². The van der Waals surface area contributed by atoms with Crippen molar-refractivity contribution in [1.82, 2.24) is 0 Å². The number of hydrogen-bond donors (Lipinski definition) is 0. The maximum atomic E-state index is 10.2. The number of unbranched alkanes of at least 4 members (excludes halogenated alkanes) is 20. The van der Waals surface area contributed by atoms with Crippen molar-refractivity contribution in [3.05, 3.63) is 24.3 Å². The molecule has 39 heavy (non-hydrogen) atoms. The molecule has 5 heteroatoms. The van der Waals surface area contributed by atoms with Crippen molar-refractivity contribution >= 4 is 11.9 Å². The van der Waals surface area contributed by atoms with Crippen molar-refractivity contribution in [2.45, 2.75) is 181 Å². The normalized spacial score (nSPS) is 10.9. The smallest absolute Gasteiger partial charge is 0.550 e. The molecule has 0 rings (SSSR count). The second-order valence-electron chi connectivity index (χ2n) is 10.7. The summed E-state index contributed by atoms with van der Waals surface area (Å²) in [5.41, 5.74) is 0. The molecule has 224 valence electrons. The summed E-state index contributed by atoms with van der Waals surface area (Å²) in [5.74, 6) is -1.82. The summed E-state index contributed by atoms with van der Waals surface area (Å²) in [6, 6.07) is 0. The molecule has 0 fully saturated rings. The molecular formula is C34H62O4Zn. The number of carbonyl (C=O) groups excluding carboxylic acids is 2. The van der Waals surface area contributed by atoms with Gasteiger partial charge in [0.15, 0.2) is 0 Å². The Morgan fingerprint density at radius 2 is 0.641 bits per heavy atom. The monoisotopic (exact) mass is 598 g/mol. The van der Waals surface area contributed by atoms with E-state index >= 15 is 0 Å². The van der Waals surface area contributed by atoms with Gasteiger partial charge in [-0.1, -0.05) is 141 Å². The van der Waals surface area contributed by atoms with Crippen molar-refractivity contribution in [3.63, 3.8) is 0 Å². The number of rotatable bonds is 28. The fourth-order valence-electron chi connectivity index (χ4n) is 4.46. The molecule has 0 aromatic carbocycles. The molecule has 0 aromatic heterocycles. The van der Waals surface area contributed by atoms with Crippen molar-refractivity contribution < 1.29 is 39.3 Å². The van der Waals surface area contributed by atoms with Gasteiger partial charge in [-0.05, 0) is 64.2 Å². The summed E-state index contributed by atoms with van der Waals surface area (Å²) >= 11 is 0. The van der Waals surface area contributed by atoms with E-state index in [4.69, 9.17) is 0 Å². The summed E-state index contributed by atoms with van der Waals surface area (Å²) in [5, 5.41) is 20.4. The SMILES string of the molecule is CCC=CCCCCCCCCCCCCC(=O)[O-].CCC=CCCCCCCCCCCCCC(=O)[O-].[Zn+2]. The Balaban J connectivity index is -0.000000648. The van der Waals surface area contributed by atoms with E-state index in [1.165, 1.54) is 116 Å². The van der Waals surface area contributed by atoms with Crippen molar-refractivity contribution in [2.75, 3.05) is 0 Å². The zero-order valence-corrected chi connectivity index (χ0v) is 29.0. The van der Waals surface area contributed by atoms with Crippen LogP contribution in [-0.4, -0.2) is 11.9 Å². The van der Waals surface area contributed by atoms with Crippen LogP contribution in [0.15, 0.2) is 24.3 Å². The summed E-state index contributed by atoms with van der Waals surface area (Å²) < 4.78 is 0. The van der Waals surface area contributed by atoms with Gasteiger partial charge in [-0.2, -0.15) is 0 Å². The van der Waals surface area contributed by atoms with E-state index in [0.29, 0.717) is 0 Å². The van der Waals surface area contributed by atoms with Gasteiger partial charge in [-0.25, -0.2) is 0 Å². The van der Waals surface area contributed by atoms with Crippen molar-refractivity contribution in [2.24, 2.45) is 0 Å². The second kappa shape index (κ2) is 39.2. The Morgan fingerprint density at radius 3 is 0.872 bits per heavy atom. The van der Waals surface area contributed by atoms with Crippen molar-refractivity contribution in [3.8, 4) is 0 Å². The molecule has 4 nitrogen and oxygen atoms in total. The maximum Gasteiger partial charge on any atom is 2.00 e. The van der Waals surface area contributed by atoms with Gasteiger partial charge in [0.05, 0.1) is 0 Å². The van der Waals surface area contributed by atoms with E-state index in [0.717, 1.165) is 38.5 Å². The third-order valence-electron chi connectivity index (χ3n) is 6.81. The van der Waals surface area contributed by atoms with E-state index in [9.17, 15) is 19.8 Å². The summed E-state index contributed by atoms with van der Waals surface area (Å²) in [4.78, 5) is 20.4. The van der Waals surface area contributed by atoms with Gasteiger partial charge >= 0.3 is 19.5 Å². The molecule has 0 atom stereocenters. The van der Waals surface area contributed by atoms with Crippen LogP contribution >= 0.6 is 0 Å². The number of allylic oxidation sites excluding steroid dienone is 4. The molecule has 0 spiro atoms. The number of aliphatic carboxylic acids is 2. The summed E-state index contributed by atoms with van der Waals surface area (Å²) in [7, 11) is 0. The van der Waals surface area contributed by atoms with Crippen LogP contribution in [-0.2, 0) is 29.1 Å². The topological polar surface area (TPSA) is 80.3 Å². The van der Waals surface area contributed by atoms with Crippen LogP contribution < -0.4 is 10.2 Å². The molecule has 0 amide bonds. The average Bonchev–Trinajstić information content (AvgIpc) is 2.89. The van der Waals surface area contributed by atoms with Crippen LogP contribution in [0.4, 0.5) is 0 Å². The molecular weight excluding hydrogens is 538 g/mol. The standard InChI is InChI=1S/2C17H32O2.Zn/c2*1-2-3-4-5-6-7-8-9-10-11-12-13-14-15-16-17(18)19;/h2*3-4H,2,5-16H2,1H3,(H,18,19);/q;;+2/p-2. The van der Waals surface area contributed by atoms with Crippen LogP contribution in [0.5, 0.6) is 0 Å². The molecule has 0 aromatic rings. The van der Waals surface area contributed by atoms with Gasteiger partial charge in [-0.3, -0.25) is 0 Å². The molecule has 0 aliphatic rings. The zero-order chi connectivity index (χ0) is 28.4. The minimum atomic E-state index is -0.909. The third kappa shape index (κ3) is 47.2. The van der Waals surface area contributed by atoms with Gasteiger partial charge in [0.2, 0.25) is 0 Å².